The summed E-state index contributed by atoms with van der Waals surface area (Å²) in [4.78, 5) is 0. The fourth-order valence-electron chi connectivity index (χ4n) is 2.57. The Balaban J connectivity index is 1.82. The van der Waals surface area contributed by atoms with Crippen LogP contribution in [-0.4, -0.2) is 28.7 Å². The van der Waals surface area contributed by atoms with Gasteiger partial charge in [-0.3, -0.25) is 0 Å². The number of hydrogen-bond acceptors (Lipinski definition) is 4. The van der Waals surface area contributed by atoms with E-state index in [0.29, 0.717) is 18.7 Å². The molecule has 1 N–H and O–H groups in total. The van der Waals surface area contributed by atoms with E-state index in [0.717, 1.165) is 22.6 Å². The topological polar surface area (TPSA) is 52.0 Å². The Hall–Kier alpha value is -2.30. The quantitative estimate of drug-likeness (QED) is 0.627. The SMILES string of the molecule is COCCn1cc(-c2ccccc2Nc2ccc(C(C)(F)P)cc2)nn1. The smallest absolute Gasteiger partial charge is 0.145 e. The van der Waals surface area contributed by atoms with E-state index in [4.69, 9.17) is 4.74 Å². The number of rotatable bonds is 7. The molecule has 0 aliphatic heterocycles. The Morgan fingerprint density at radius 2 is 1.92 bits per heavy atom. The van der Waals surface area contributed by atoms with Crippen LogP contribution >= 0.6 is 9.24 Å². The number of alkyl halides is 1. The van der Waals surface area contributed by atoms with Gasteiger partial charge in [-0.2, -0.15) is 0 Å². The number of anilines is 2. The van der Waals surface area contributed by atoms with Crippen LogP contribution in [0.2, 0.25) is 0 Å². The lowest BCUT2D eigenvalue weighted by Gasteiger charge is -2.16. The van der Waals surface area contributed by atoms with E-state index in [1.807, 2.05) is 42.6 Å². The number of methoxy groups -OCH3 is 1. The molecule has 5 nitrogen and oxygen atoms in total. The van der Waals surface area contributed by atoms with Crippen LogP contribution < -0.4 is 5.32 Å². The molecule has 136 valence electrons. The summed E-state index contributed by atoms with van der Waals surface area (Å²) < 4.78 is 20.8. The molecular formula is C19H22FN4OP. The summed E-state index contributed by atoms with van der Waals surface area (Å²) in [6.07, 6.45) is 1.89. The van der Waals surface area contributed by atoms with Crippen LogP contribution in [0.4, 0.5) is 15.8 Å². The Labute approximate surface area is 154 Å². The number of nitrogens with zero attached hydrogens (tertiary/aromatic N) is 3. The first-order valence-corrected chi connectivity index (χ1v) is 8.89. The van der Waals surface area contributed by atoms with E-state index in [1.165, 1.54) is 6.92 Å². The molecule has 0 amide bonds. The van der Waals surface area contributed by atoms with Crippen molar-refractivity contribution in [1.82, 2.24) is 15.0 Å². The highest BCUT2D eigenvalue weighted by atomic mass is 31.0. The van der Waals surface area contributed by atoms with Gasteiger partial charge in [0.05, 0.1) is 19.3 Å². The second-order valence-electron chi connectivity index (χ2n) is 6.18. The highest BCUT2D eigenvalue weighted by Crippen LogP contribution is 2.34. The van der Waals surface area contributed by atoms with Crippen molar-refractivity contribution < 1.29 is 9.13 Å². The molecule has 0 bridgehead atoms. The Morgan fingerprint density at radius 3 is 2.62 bits per heavy atom. The van der Waals surface area contributed by atoms with Gasteiger partial charge in [0.2, 0.25) is 0 Å². The number of ether oxygens (including phenoxy) is 1. The van der Waals surface area contributed by atoms with Gasteiger partial charge in [0.25, 0.3) is 0 Å². The van der Waals surface area contributed by atoms with Crippen LogP contribution in [0.5, 0.6) is 0 Å². The summed E-state index contributed by atoms with van der Waals surface area (Å²) in [5.41, 5.74) is 4.13. The van der Waals surface area contributed by atoms with Crippen LogP contribution in [0, 0.1) is 0 Å². The maximum atomic E-state index is 14.0. The zero-order chi connectivity index (χ0) is 18.6. The summed E-state index contributed by atoms with van der Waals surface area (Å²) >= 11 is 0. The number of halogens is 1. The van der Waals surface area contributed by atoms with Crippen molar-refractivity contribution in [3.8, 4) is 11.3 Å². The summed E-state index contributed by atoms with van der Waals surface area (Å²) in [7, 11) is 3.87. The number of aromatic nitrogens is 3. The van der Waals surface area contributed by atoms with Crippen molar-refractivity contribution in [1.29, 1.82) is 0 Å². The third kappa shape index (κ3) is 4.45. The van der Waals surface area contributed by atoms with Crippen molar-refractivity contribution in [2.75, 3.05) is 19.0 Å². The zero-order valence-electron chi connectivity index (χ0n) is 14.8. The lowest BCUT2D eigenvalue weighted by Crippen LogP contribution is -2.04. The summed E-state index contributed by atoms with van der Waals surface area (Å²) in [5.74, 6) is 0. The maximum absolute atomic E-state index is 14.0. The Kier molecular flexibility index (Phi) is 5.64. The van der Waals surface area contributed by atoms with Gasteiger partial charge in [-0.05, 0) is 30.7 Å². The molecular weight excluding hydrogens is 350 g/mol. The standard InChI is InChI=1S/C19H22FN4OP/c1-19(20,26)14-7-9-15(10-8-14)21-17-6-4-3-5-16(17)18-13-24(23-22-18)11-12-25-2/h3-10,13,21H,11-12,26H2,1-2H3. The van der Waals surface area contributed by atoms with Crippen LogP contribution in [-0.2, 0) is 16.7 Å². The van der Waals surface area contributed by atoms with Crippen LogP contribution in [0.3, 0.4) is 0 Å². The van der Waals surface area contributed by atoms with Gasteiger partial charge in [-0.1, -0.05) is 44.8 Å². The van der Waals surface area contributed by atoms with E-state index >= 15 is 0 Å². The van der Waals surface area contributed by atoms with E-state index in [-0.39, 0.29) is 0 Å². The molecule has 2 atom stereocenters. The van der Waals surface area contributed by atoms with Gasteiger partial charge in [-0.15, -0.1) is 5.10 Å². The van der Waals surface area contributed by atoms with Gasteiger partial charge in [0, 0.05) is 24.0 Å². The van der Waals surface area contributed by atoms with E-state index in [9.17, 15) is 4.39 Å². The van der Waals surface area contributed by atoms with Crippen molar-refractivity contribution >= 4 is 20.6 Å². The molecule has 2 unspecified atom stereocenters. The molecule has 0 saturated carbocycles. The second-order valence-corrected chi connectivity index (χ2v) is 7.27. The number of hydrogen-bond donors (Lipinski definition) is 1. The zero-order valence-corrected chi connectivity index (χ0v) is 16.0. The summed E-state index contributed by atoms with van der Waals surface area (Å²) in [6.45, 7) is 2.75. The molecule has 0 aliphatic carbocycles. The van der Waals surface area contributed by atoms with Crippen molar-refractivity contribution in [2.24, 2.45) is 0 Å². The first kappa shape index (κ1) is 18.5. The maximum Gasteiger partial charge on any atom is 0.145 e. The van der Waals surface area contributed by atoms with Gasteiger partial charge in [-0.25, -0.2) is 9.07 Å². The molecule has 0 spiro atoms. The van der Waals surface area contributed by atoms with E-state index in [2.05, 4.69) is 24.9 Å². The number of benzene rings is 2. The normalized spacial score (nSPS) is 13.4. The van der Waals surface area contributed by atoms with Crippen molar-refractivity contribution in [2.45, 2.75) is 18.9 Å². The van der Waals surface area contributed by atoms with Crippen molar-refractivity contribution in [3.63, 3.8) is 0 Å². The highest BCUT2D eigenvalue weighted by molar-refractivity contribution is 7.18. The van der Waals surface area contributed by atoms with Crippen molar-refractivity contribution in [3.05, 3.63) is 60.3 Å². The van der Waals surface area contributed by atoms with Gasteiger partial charge >= 0.3 is 0 Å². The predicted octanol–water partition coefficient (Wildman–Crippen LogP) is 4.35. The number of para-hydroxylation sites is 1. The van der Waals surface area contributed by atoms with Gasteiger partial charge in [0.1, 0.15) is 11.1 Å². The Bertz CT molecular complexity index is 858. The Morgan fingerprint density at radius 1 is 1.19 bits per heavy atom. The first-order chi connectivity index (χ1) is 12.5. The van der Waals surface area contributed by atoms with Crippen LogP contribution in [0.15, 0.2) is 54.7 Å². The average Bonchev–Trinajstić information content (AvgIpc) is 3.09. The van der Waals surface area contributed by atoms with Gasteiger partial charge < -0.3 is 10.1 Å². The highest BCUT2D eigenvalue weighted by Gasteiger charge is 2.18. The lowest BCUT2D eigenvalue weighted by atomic mass is 10.1. The van der Waals surface area contributed by atoms with Crippen LogP contribution in [0.25, 0.3) is 11.3 Å². The molecule has 3 rings (SSSR count). The molecule has 1 heterocycles. The first-order valence-electron chi connectivity index (χ1n) is 8.31. The molecule has 0 saturated heterocycles. The molecule has 0 aliphatic rings. The third-order valence-electron chi connectivity index (χ3n) is 3.99. The summed E-state index contributed by atoms with van der Waals surface area (Å²) in [5, 5.41) is 10.3. The fraction of sp³-hybridized carbons (Fsp3) is 0.263. The fourth-order valence-corrected chi connectivity index (χ4v) is 2.76. The number of nitrogens with one attached hydrogen (secondary N) is 1. The minimum Gasteiger partial charge on any atom is -0.383 e. The molecule has 2 aromatic carbocycles. The van der Waals surface area contributed by atoms with Crippen LogP contribution in [0.1, 0.15) is 12.5 Å². The minimum absolute atomic E-state index is 0.582. The van der Waals surface area contributed by atoms with Gasteiger partial charge in [0.15, 0.2) is 0 Å². The lowest BCUT2D eigenvalue weighted by molar-refractivity contribution is 0.183. The molecule has 0 radical (unpaired) electrons. The van der Waals surface area contributed by atoms with E-state index < -0.39 is 5.41 Å². The molecule has 1 aromatic heterocycles. The largest absolute Gasteiger partial charge is 0.383 e. The predicted molar refractivity (Wildman–Crippen MR) is 105 cm³/mol. The molecule has 3 aromatic rings. The third-order valence-corrected chi connectivity index (χ3v) is 4.33. The second kappa shape index (κ2) is 7.94. The monoisotopic (exact) mass is 372 g/mol. The summed E-state index contributed by atoms with van der Waals surface area (Å²) in [6, 6.07) is 15.2. The molecule has 7 heteroatoms. The average molecular weight is 372 g/mol. The molecule has 26 heavy (non-hydrogen) atoms. The minimum atomic E-state index is -1.43. The molecule has 0 fully saturated rings. The van der Waals surface area contributed by atoms with E-state index in [1.54, 1.807) is 23.9 Å².